The minimum Gasteiger partial charge on any atom is -0.490 e. The van der Waals surface area contributed by atoms with E-state index in [1.54, 1.807) is 11.1 Å². The second-order valence-corrected chi connectivity index (χ2v) is 16.8. The lowest BCUT2D eigenvalue weighted by Crippen LogP contribution is -2.65. The van der Waals surface area contributed by atoms with Crippen molar-refractivity contribution in [3.8, 4) is 17.2 Å². The van der Waals surface area contributed by atoms with Crippen molar-refractivity contribution in [2.24, 2.45) is 11.3 Å². The number of anilines is 1. The Morgan fingerprint density at radius 2 is 1.80 bits per heavy atom. The van der Waals surface area contributed by atoms with Gasteiger partial charge in [0.15, 0.2) is 11.6 Å². The number of amides is 2. The number of aromatic nitrogens is 3. The fourth-order valence-corrected chi connectivity index (χ4v) is 8.46. The summed E-state index contributed by atoms with van der Waals surface area (Å²) in [5.74, 6) is 2.04. The molecule has 2 amide bonds. The highest BCUT2D eigenvalue weighted by Gasteiger charge is 2.54. The molecule has 1 aromatic carbocycles. The van der Waals surface area contributed by atoms with Crippen molar-refractivity contribution in [2.75, 3.05) is 50.7 Å². The Balaban J connectivity index is 0.928. The minimum atomic E-state index is -0.500. The normalized spacial score (nSPS) is 18.9. The Kier molecular flexibility index (Phi) is 10.7. The first-order valence-corrected chi connectivity index (χ1v) is 19.5. The van der Waals surface area contributed by atoms with Crippen LogP contribution in [0.5, 0.6) is 17.2 Å². The second kappa shape index (κ2) is 15.3. The molecule has 54 heavy (non-hydrogen) atoms. The van der Waals surface area contributed by atoms with Crippen LogP contribution in [0.25, 0.3) is 0 Å². The molecule has 3 fully saturated rings. The average Bonchev–Trinajstić information content (AvgIpc) is 3.09. The van der Waals surface area contributed by atoms with Crippen molar-refractivity contribution in [1.29, 1.82) is 0 Å². The number of hydrogen-bond acceptors (Lipinski definition) is 10. The number of carbonyl (C=O) groups excluding carboxylic acids is 2. The maximum Gasteiger partial charge on any atom is 0.410 e. The van der Waals surface area contributed by atoms with Gasteiger partial charge < -0.3 is 28.9 Å². The molecular weight excluding hydrogens is 689 g/mol. The smallest absolute Gasteiger partial charge is 0.410 e. The molecule has 0 N–H and O–H groups in total. The third-order valence-corrected chi connectivity index (χ3v) is 11.2. The first-order chi connectivity index (χ1) is 25.8. The van der Waals surface area contributed by atoms with Crippen LogP contribution in [-0.4, -0.2) is 105 Å². The zero-order valence-corrected chi connectivity index (χ0v) is 32.5. The highest BCUT2D eigenvalue weighted by molar-refractivity contribution is 5.97. The van der Waals surface area contributed by atoms with Crippen molar-refractivity contribution in [3.05, 3.63) is 65.6 Å². The number of fused-ring (bicyclic) bond motifs is 1. The Morgan fingerprint density at radius 3 is 2.50 bits per heavy atom. The van der Waals surface area contributed by atoms with Gasteiger partial charge >= 0.3 is 6.09 Å². The van der Waals surface area contributed by atoms with Crippen LogP contribution >= 0.6 is 0 Å². The lowest BCUT2D eigenvalue weighted by Gasteiger charge is -2.59. The number of benzene rings is 1. The van der Waals surface area contributed by atoms with Gasteiger partial charge in [0.1, 0.15) is 35.3 Å². The molecule has 2 saturated heterocycles. The van der Waals surface area contributed by atoms with Crippen LogP contribution < -0.4 is 14.4 Å². The van der Waals surface area contributed by atoms with Crippen LogP contribution in [0.2, 0.25) is 0 Å². The first-order valence-electron chi connectivity index (χ1n) is 19.5. The van der Waals surface area contributed by atoms with E-state index in [1.807, 2.05) is 58.7 Å². The second-order valence-electron chi connectivity index (χ2n) is 16.8. The average molecular weight is 744 g/mol. The van der Waals surface area contributed by atoms with Crippen LogP contribution in [0.15, 0.2) is 43.0 Å². The summed E-state index contributed by atoms with van der Waals surface area (Å²) in [6.07, 6.45) is 9.63. The number of halogens is 1. The largest absolute Gasteiger partial charge is 0.490 e. The van der Waals surface area contributed by atoms with E-state index in [4.69, 9.17) is 19.2 Å². The molecular formula is C41H54FN7O5. The van der Waals surface area contributed by atoms with E-state index in [2.05, 4.69) is 19.8 Å². The Labute approximate surface area is 318 Å². The molecule has 0 atom stereocenters. The Bertz CT molecular complexity index is 1830. The molecule has 0 radical (unpaired) electrons. The highest BCUT2D eigenvalue weighted by Crippen LogP contribution is 2.52. The predicted octanol–water partition coefficient (Wildman–Crippen LogP) is 6.73. The van der Waals surface area contributed by atoms with Crippen LogP contribution in [-0.2, 0) is 17.7 Å². The summed E-state index contributed by atoms with van der Waals surface area (Å²) < 4.78 is 32.9. The molecule has 0 bridgehead atoms. The number of carbonyl (C=O) groups is 2. The third kappa shape index (κ3) is 8.25. The minimum absolute atomic E-state index is 0.0475. The van der Waals surface area contributed by atoms with E-state index in [1.165, 1.54) is 30.1 Å². The van der Waals surface area contributed by atoms with Crippen LogP contribution in [0.4, 0.5) is 15.0 Å². The number of piperidine rings is 1. The summed E-state index contributed by atoms with van der Waals surface area (Å²) in [5, 5.41) is 0. The van der Waals surface area contributed by atoms with Gasteiger partial charge in [0.25, 0.3) is 5.91 Å². The molecule has 7 rings (SSSR count). The SMILES string of the molecule is CCN(C(=O)c1cc(F)ccc1Oc1cncnc1N1CC2(CC(Oc3ccnc4c3CN(CC3CCN(C(=O)OC(C)(C)C)CC3)CC4)C2)C1)C(C)C. The van der Waals surface area contributed by atoms with Gasteiger partial charge in [-0.25, -0.2) is 19.2 Å². The monoisotopic (exact) mass is 743 g/mol. The van der Waals surface area contributed by atoms with Gasteiger partial charge in [-0.15, -0.1) is 0 Å². The highest BCUT2D eigenvalue weighted by atomic mass is 19.1. The van der Waals surface area contributed by atoms with E-state index in [0.717, 1.165) is 89.4 Å². The maximum atomic E-state index is 14.4. The van der Waals surface area contributed by atoms with Gasteiger partial charge in [-0.05, 0) is 97.4 Å². The van der Waals surface area contributed by atoms with Gasteiger partial charge in [-0.3, -0.25) is 14.7 Å². The molecule has 1 saturated carbocycles. The van der Waals surface area contributed by atoms with Crippen LogP contribution in [0.1, 0.15) is 88.8 Å². The number of nitrogens with zero attached hydrogens (tertiary/aromatic N) is 7. The summed E-state index contributed by atoms with van der Waals surface area (Å²) in [6.45, 7) is 17.9. The molecule has 290 valence electrons. The summed E-state index contributed by atoms with van der Waals surface area (Å²) in [5.41, 5.74) is 2.15. The zero-order chi connectivity index (χ0) is 38.2. The molecule has 12 nitrogen and oxygen atoms in total. The summed E-state index contributed by atoms with van der Waals surface area (Å²) in [4.78, 5) is 47.6. The zero-order valence-electron chi connectivity index (χ0n) is 32.5. The third-order valence-electron chi connectivity index (χ3n) is 11.2. The fraction of sp³-hybridized carbons (Fsp3) is 0.585. The number of ether oxygens (including phenoxy) is 3. The molecule has 0 unspecified atom stereocenters. The topological polar surface area (TPSA) is 113 Å². The lowest BCUT2D eigenvalue weighted by atomic mass is 9.61. The molecule has 13 heteroatoms. The maximum absolute atomic E-state index is 14.4. The van der Waals surface area contributed by atoms with E-state index >= 15 is 0 Å². The van der Waals surface area contributed by atoms with Crippen molar-refractivity contribution in [1.82, 2.24) is 29.7 Å². The number of hydrogen-bond donors (Lipinski definition) is 0. The molecule has 5 heterocycles. The summed E-state index contributed by atoms with van der Waals surface area (Å²) in [6, 6.07) is 5.99. The molecule has 4 aliphatic rings. The first kappa shape index (κ1) is 37.8. The van der Waals surface area contributed by atoms with Gasteiger partial charge in [0.05, 0.1) is 11.8 Å². The van der Waals surface area contributed by atoms with E-state index in [9.17, 15) is 14.0 Å². The molecule has 1 spiro atoms. The van der Waals surface area contributed by atoms with Gasteiger partial charge in [-0.2, -0.15) is 0 Å². The van der Waals surface area contributed by atoms with Crippen LogP contribution in [0, 0.1) is 17.2 Å². The summed E-state index contributed by atoms with van der Waals surface area (Å²) >= 11 is 0. The van der Waals surface area contributed by atoms with E-state index < -0.39 is 11.4 Å². The molecule has 3 aliphatic heterocycles. The van der Waals surface area contributed by atoms with Gasteiger partial charge in [-0.1, -0.05) is 0 Å². The number of likely N-dealkylation sites (tertiary alicyclic amines) is 1. The lowest BCUT2D eigenvalue weighted by molar-refractivity contribution is -0.0353. The summed E-state index contributed by atoms with van der Waals surface area (Å²) in [7, 11) is 0. The van der Waals surface area contributed by atoms with Crippen molar-refractivity contribution < 1.29 is 28.2 Å². The van der Waals surface area contributed by atoms with Crippen LogP contribution in [0.3, 0.4) is 0 Å². The van der Waals surface area contributed by atoms with E-state index in [-0.39, 0.29) is 40.9 Å². The molecule has 1 aliphatic carbocycles. The number of rotatable bonds is 10. The fourth-order valence-electron chi connectivity index (χ4n) is 8.46. The molecule has 2 aromatic heterocycles. The Morgan fingerprint density at radius 1 is 1.04 bits per heavy atom. The van der Waals surface area contributed by atoms with Gasteiger partial charge in [0, 0.05) is 87.7 Å². The quantitative estimate of drug-likeness (QED) is 0.222. The van der Waals surface area contributed by atoms with E-state index in [0.29, 0.717) is 24.0 Å². The standard InChI is InChI=1S/C41H54FN7O5/c1-7-49(27(2)3)38(50)31-18-29(42)8-9-34(31)53-36-21-43-26-45-37(36)48-24-41(25-48)19-30(20-41)52-35-10-14-44-33-13-15-46(23-32(33)35)22-28-11-16-47(17-12-28)39(51)54-40(4,5)6/h8-10,14,18,21,26-28,30H,7,11-13,15-17,19-20,22-25H2,1-6H3. The van der Waals surface area contributed by atoms with Crippen molar-refractivity contribution in [2.45, 2.75) is 97.9 Å². The predicted molar refractivity (Wildman–Crippen MR) is 202 cm³/mol. The van der Waals surface area contributed by atoms with Crippen molar-refractivity contribution in [3.63, 3.8) is 0 Å². The number of pyridine rings is 1. The van der Waals surface area contributed by atoms with Crippen molar-refractivity contribution >= 4 is 17.8 Å². The Hall–Kier alpha value is -4.52. The van der Waals surface area contributed by atoms with Gasteiger partial charge in [0.2, 0.25) is 0 Å². The molecule has 3 aromatic rings.